The molecule has 0 atom stereocenters. The summed E-state index contributed by atoms with van der Waals surface area (Å²) in [5.74, 6) is 0. The van der Waals surface area contributed by atoms with Crippen LogP contribution in [0.25, 0.3) is 0 Å². The third-order valence-corrected chi connectivity index (χ3v) is 2.69. The van der Waals surface area contributed by atoms with E-state index in [1.807, 2.05) is 6.08 Å². The smallest absolute Gasteiger partial charge is 0.264 e. The lowest BCUT2D eigenvalue weighted by Gasteiger charge is -2.03. The molecule has 0 aliphatic rings. The first kappa shape index (κ1) is 15.4. The average Bonchev–Trinajstić information content (AvgIpc) is 2.13. The molecule has 0 saturated heterocycles. The van der Waals surface area contributed by atoms with Crippen LogP contribution >= 0.6 is 0 Å². The molecular weight excluding hydrogens is 224 g/mol. The van der Waals surface area contributed by atoms with Crippen LogP contribution in [0.4, 0.5) is 0 Å². The summed E-state index contributed by atoms with van der Waals surface area (Å²) in [4.78, 5) is 0. The summed E-state index contributed by atoms with van der Waals surface area (Å²) in [5.41, 5.74) is 2.55. The highest BCUT2D eigenvalue weighted by Crippen LogP contribution is 2.11. The predicted molar refractivity (Wildman–Crippen MR) is 67.8 cm³/mol. The molecule has 0 bridgehead atoms. The first-order valence-electron chi connectivity index (χ1n) is 5.50. The molecule has 94 valence electrons. The van der Waals surface area contributed by atoms with Crippen molar-refractivity contribution >= 4 is 10.1 Å². The molecule has 0 rings (SSSR count). The van der Waals surface area contributed by atoms with Crippen molar-refractivity contribution in [1.29, 1.82) is 0 Å². The van der Waals surface area contributed by atoms with Crippen LogP contribution in [-0.2, 0) is 14.3 Å². The molecule has 3 nitrogen and oxygen atoms in total. The Bertz CT molecular complexity index is 346. The van der Waals surface area contributed by atoms with Crippen LogP contribution in [0.3, 0.4) is 0 Å². The summed E-state index contributed by atoms with van der Waals surface area (Å²) in [5, 5.41) is 0. The van der Waals surface area contributed by atoms with Crippen molar-refractivity contribution in [1.82, 2.24) is 0 Å². The Balaban J connectivity index is 4.08. The lowest BCUT2D eigenvalue weighted by atomic mass is 10.1. The van der Waals surface area contributed by atoms with E-state index in [-0.39, 0.29) is 6.61 Å². The number of hydrogen-bond donors (Lipinski definition) is 0. The monoisotopic (exact) mass is 246 g/mol. The summed E-state index contributed by atoms with van der Waals surface area (Å²) >= 11 is 0. The van der Waals surface area contributed by atoms with Gasteiger partial charge in [0.1, 0.15) is 0 Å². The Hall–Kier alpha value is -0.610. The van der Waals surface area contributed by atoms with E-state index in [9.17, 15) is 8.42 Å². The highest BCUT2D eigenvalue weighted by Gasteiger charge is 1.99. The number of rotatable bonds is 7. The van der Waals surface area contributed by atoms with Crippen LogP contribution in [0.5, 0.6) is 0 Å². The summed E-state index contributed by atoms with van der Waals surface area (Å²) in [6.45, 7) is 6.36. The van der Waals surface area contributed by atoms with Crippen molar-refractivity contribution in [3.8, 4) is 0 Å². The van der Waals surface area contributed by atoms with Gasteiger partial charge in [0, 0.05) is 0 Å². The average molecular weight is 246 g/mol. The highest BCUT2D eigenvalue weighted by atomic mass is 32.2. The second kappa shape index (κ2) is 7.63. The fourth-order valence-electron chi connectivity index (χ4n) is 1.24. The second-order valence-electron chi connectivity index (χ2n) is 4.02. The largest absolute Gasteiger partial charge is 0.266 e. The summed E-state index contributed by atoms with van der Waals surface area (Å²) in [6.07, 6.45) is 8.01. The lowest BCUT2D eigenvalue weighted by Crippen LogP contribution is -2.02. The maximum Gasteiger partial charge on any atom is 0.264 e. The van der Waals surface area contributed by atoms with E-state index in [1.165, 1.54) is 11.1 Å². The summed E-state index contributed by atoms with van der Waals surface area (Å²) < 4.78 is 26.2. The highest BCUT2D eigenvalue weighted by molar-refractivity contribution is 7.85. The van der Waals surface area contributed by atoms with Crippen molar-refractivity contribution in [2.45, 2.75) is 40.0 Å². The molecule has 0 spiro atoms. The zero-order valence-corrected chi connectivity index (χ0v) is 11.4. The zero-order valence-electron chi connectivity index (χ0n) is 10.6. The molecule has 0 heterocycles. The van der Waals surface area contributed by atoms with E-state index < -0.39 is 10.1 Å². The Kier molecular flexibility index (Phi) is 7.34. The van der Waals surface area contributed by atoms with Gasteiger partial charge in [-0.2, -0.15) is 8.42 Å². The second-order valence-corrected chi connectivity index (χ2v) is 5.67. The Morgan fingerprint density at radius 1 is 1.25 bits per heavy atom. The third-order valence-electron chi connectivity index (χ3n) is 2.13. The van der Waals surface area contributed by atoms with E-state index >= 15 is 0 Å². The predicted octanol–water partition coefficient (Wildman–Crippen LogP) is 3.05. The van der Waals surface area contributed by atoms with Crippen molar-refractivity contribution in [2.24, 2.45) is 0 Å². The molecular formula is C12H22O3S. The van der Waals surface area contributed by atoms with Gasteiger partial charge >= 0.3 is 0 Å². The third kappa shape index (κ3) is 9.93. The van der Waals surface area contributed by atoms with Gasteiger partial charge in [0.05, 0.1) is 12.9 Å². The molecule has 0 amide bonds. The van der Waals surface area contributed by atoms with Gasteiger partial charge in [0.2, 0.25) is 0 Å². The molecule has 0 aromatic rings. The van der Waals surface area contributed by atoms with Gasteiger partial charge in [0.25, 0.3) is 10.1 Å². The first-order valence-corrected chi connectivity index (χ1v) is 7.32. The maximum atomic E-state index is 10.7. The van der Waals surface area contributed by atoms with Gasteiger partial charge in [-0.1, -0.05) is 30.2 Å². The minimum absolute atomic E-state index is 0.150. The zero-order chi connectivity index (χ0) is 12.6. The Labute approximate surface area is 99.3 Å². The lowest BCUT2D eigenvalue weighted by molar-refractivity contribution is 0.360. The van der Waals surface area contributed by atoms with Crippen molar-refractivity contribution in [3.63, 3.8) is 0 Å². The molecule has 0 saturated carbocycles. The van der Waals surface area contributed by atoms with Crippen molar-refractivity contribution in [2.75, 3.05) is 12.9 Å². The van der Waals surface area contributed by atoms with Gasteiger partial charge in [-0.3, -0.25) is 4.18 Å². The Morgan fingerprint density at radius 3 is 2.31 bits per heavy atom. The summed E-state index contributed by atoms with van der Waals surface area (Å²) in [7, 11) is -3.32. The van der Waals surface area contributed by atoms with Crippen LogP contribution in [-0.4, -0.2) is 21.3 Å². The first-order chi connectivity index (χ1) is 7.35. The molecule has 4 heteroatoms. The fraction of sp³-hybridized carbons (Fsp3) is 0.667. The van der Waals surface area contributed by atoms with E-state index in [2.05, 4.69) is 31.0 Å². The Morgan fingerprint density at radius 2 is 1.88 bits per heavy atom. The number of allylic oxidation sites excluding steroid dienone is 3. The topological polar surface area (TPSA) is 43.4 Å². The molecule has 0 unspecified atom stereocenters. The van der Waals surface area contributed by atoms with Crippen molar-refractivity contribution in [3.05, 3.63) is 23.3 Å². The van der Waals surface area contributed by atoms with Crippen LogP contribution in [0.1, 0.15) is 40.0 Å². The molecule has 0 aliphatic carbocycles. The van der Waals surface area contributed by atoms with Crippen LogP contribution in [0, 0.1) is 0 Å². The normalized spacial score (nSPS) is 12.6. The quantitative estimate of drug-likeness (QED) is 0.512. The van der Waals surface area contributed by atoms with Crippen LogP contribution in [0.2, 0.25) is 0 Å². The molecule has 0 N–H and O–H groups in total. The van der Waals surface area contributed by atoms with E-state index in [1.54, 1.807) is 0 Å². The molecule has 0 radical (unpaired) electrons. The van der Waals surface area contributed by atoms with Gasteiger partial charge in [-0.25, -0.2) is 0 Å². The molecule has 0 aromatic heterocycles. The van der Waals surface area contributed by atoms with E-state index in [0.717, 1.165) is 25.5 Å². The van der Waals surface area contributed by atoms with Gasteiger partial charge < -0.3 is 0 Å². The number of hydrogen-bond acceptors (Lipinski definition) is 3. The van der Waals surface area contributed by atoms with E-state index in [4.69, 9.17) is 0 Å². The van der Waals surface area contributed by atoms with Gasteiger partial charge in [0.15, 0.2) is 0 Å². The molecule has 16 heavy (non-hydrogen) atoms. The van der Waals surface area contributed by atoms with Crippen LogP contribution in [0.15, 0.2) is 23.3 Å². The summed E-state index contributed by atoms with van der Waals surface area (Å²) in [6, 6.07) is 0. The van der Waals surface area contributed by atoms with Crippen LogP contribution < -0.4 is 0 Å². The molecule has 0 aliphatic heterocycles. The van der Waals surface area contributed by atoms with Gasteiger partial charge in [-0.15, -0.1) is 0 Å². The maximum absolute atomic E-state index is 10.7. The van der Waals surface area contributed by atoms with Gasteiger partial charge in [-0.05, 0) is 33.1 Å². The molecule has 0 aromatic carbocycles. The van der Waals surface area contributed by atoms with Crippen molar-refractivity contribution < 1.29 is 12.6 Å². The minimum Gasteiger partial charge on any atom is -0.266 e. The fourth-order valence-corrected chi connectivity index (χ4v) is 1.56. The standard InChI is InChI=1S/C12H22O3S/c1-5-12(8-6-7-11(2)3)9-10-15-16(4,13)14/h7,9H,5-6,8,10H2,1-4H3/b12-9+. The minimum atomic E-state index is -3.32. The SMILES string of the molecule is CC/C(=C\COS(C)(=O)=O)CCC=C(C)C. The molecule has 0 fully saturated rings. The van der Waals surface area contributed by atoms with E-state index in [0.29, 0.717) is 0 Å².